The molecule has 0 radical (unpaired) electrons. The van der Waals surface area contributed by atoms with Gasteiger partial charge in [0.05, 0.1) is 6.33 Å². The molecule has 27 heavy (non-hydrogen) atoms. The summed E-state index contributed by atoms with van der Waals surface area (Å²) in [6, 6.07) is 10.1. The second-order valence-electron chi connectivity index (χ2n) is 6.88. The van der Waals surface area contributed by atoms with Crippen LogP contribution in [0.3, 0.4) is 0 Å². The van der Waals surface area contributed by atoms with Crippen molar-refractivity contribution in [2.45, 2.75) is 31.0 Å². The number of imidazole rings is 1. The summed E-state index contributed by atoms with van der Waals surface area (Å²) in [5, 5.41) is 2.06. The van der Waals surface area contributed by atoms with Crippen LogP contribution < -0.4 is 5.32 Å². The molecule has 146 valence electrons. The normalized spacial score (nSPS) is 17.6. The van der Waals surface area contributed by atoms with Crippen molar-refractivity contribution in [2.75, 3.05) is 26.2 Å². The maximum Gasteiger partial charge on any atom is 0.405 e. The monoisotopic (exact) mass is 380 g/mol. The number of carbonyl (C=O) groups is 1. The Bertz CT molecular complexity index is 723. The summed E-state index contributed by atoms with van der Waals surface area (Å²) in [4.78, 5) is 18.9. The number of hydrogen-bond donors (Lipinski definition) is 1. The van der Waals surface area contributed by atoms with E-state index in [1.54, 1.807) is 17.0 Å². The van der Waals surface area contributed by atoms with Gasteiger partial charge in [0.1, 0.15) is 12.1 Å². The van der Waals surface area contributed by atoms with Gasteiger partial charge in [0.2, 0.25) is 5.91 Å². The van der Waals surface area contributed by atoms with Crippen molar-refractivity contribution < 1.29 is 18.0 Å². The highest BCUT2D eigenvalue weighted by atomic mass is 19.4. The predicted octanol–water partition coefficient (Wildman–Crippen LogP) is 2.60. The number of likely N-dealkylation sites (tertiary alicyclic amines) is 1. The van der Waals surface area contributed by atoms with E-state index in [1.165, 1.54) is 11.9 Å². The van der Waals surface area contributed by atoms with Crippen LogP contribution in [0.1, 0.15) is 18.4 Å². The SMILES string of the molecule is O=C(NCC(F)(F)F)C1(n2ccnc2)CCN(CCc2ccccc2)CC1. The Balaban J connectivity index is 1.63. The second-order valence-corrected chi connectivity index (χ2v) is 6.88. The summed E-state index contributed by atoms with van der Waals surface area (Å²) < 4.78 is 39.2. The van der Waals surface area contributed by atoms with E-state index in [2.05, 4.69) is 27.3 Å². The van der Waals surface area contributed by atoms with Crippen molar-refractivity contribution in [1.29, 1.82) is 0 Å². The molecule has 8 heteroatoms. The molecule has 5 nitrogen and oxygen atoms in total. The van der Waals surface area contributed by atoms with Crippen molar-refractivity contribution in [2.24, 2.45) is 0 Å². The molecule has 1 saturated heterocycles. The van der Waals surface area contributed by atoms with Crippen LogP contribution in [0, 0.1) is 0 Å². The molecular formula is C19H23F3N4O. The van der Waals surface area contributed by atoms with Crippen LogP contribution in [0.5, 0.6) is 0 Å². The minimum absolute atomic E-state index is 0.446. The Morgan fingerprint density at radius 3 is 2.48 bits per heavy atom. The number of amides is 1. The average molecular weight is 380 g/mol. The van der Waals surface area contributed by atoms with E-state index >= 15 is 0 Å². The van der Waals surface area contributed by atoms with Crippen LogP contribution in [0.15, 0.2) is 49.1 Å². The number of hydrogen-bond acceptors (Lipinski definition) is 3. The second kappa shape index (κ2) is 8.12. The first kappa shape index (κ1) is 19.4. The molecule has 1 N–H and O–H groups in total. The van der Waals surface area contributed by atoms with E-state index in [-0.39, 0.29) is 0 Å². The van der Waals surface area contributed by atoms with Gasteiger partial charge in [0.15, 0.2) is 0 Å². The van der Waals surface area contributed by atoms with Crippen LogP contribution in [0.4, 0.5) is 13.2 Å². The van der Waals surface area contributed by atoms with Gasteiger partial charge in [-0.15, -0.1) is 0 Å². The average Bonchev–Trinajstić information content (AvgIpc) is 3.20. The van der Waals surface area contributed by atoms with Crippen molar-refractivity contribution in [3.8, 4) is 0 Å². The fourth-order valence-corrected chi connectivity index (χ4v) is 3.54. The molecule has 3 rings (SSSR count). The number of alkyl halides is 3. The van der Waals surface area contributed by atoms with Gasteiger partial charge in [-0.25, -0.2) is 4.98 Å². The maximum atomic E-state index is 12.7. The Kier molecular flexibility index (Phi) is 5.84. The third-order valence-electron chi connectivity index (χ3n) is 5.11. The molecule has 1 aromatic heterocycles. The van der Waals surface area contributed by atoms with Crippen molar-refractivity contribution in [3.05, 3.63) is 54.6 Å². The topological polar surface area (TPSA) is 50.2 Å². The van der Waals surface area contributed by atoms with Crippen molar-refractivity contribution >= 4 is 5.91 Å². The standard InChI is InChI=1S/C19H23F3N4O/c20-19(21,22)14-24-17(27)18(26-13-9-23-15-26)7-11-25(12-8-18)10-6-16-4-2-1-3-5-16/h1-5,9,13,15H,6-8,10-12,14H2,(H,24,27). The number of aromatic nitrogens is 2. The summed E-state index contributed by atoms with van der Waals surface area (Å²) in [5.74, 6) is -0.597. The number of nitrogens with zero attached hydrogens (tertiary/aromatic N) is 3. The van der Waals surface area contributed by atoms with Gasteiger partial charge in [-0.05, 0) is 24.8 Å². The Labute approximate surface area is 156 Å². The highest BCUT2D eigenvalue weighted by Gasteiger charge is 2.43. The first-order valence-corrected chi connectivity index (χ1v) is 8.99. The largest absolute Gasteiger partial charge is 0.405 e. The molecule has 0 saturated carbocycles. The zero-order valence-electron chi connectivity index (χ0n) is 15.0. The number of benzene rings is 1. The van der Waals surface area contributed by atoms with Gasteiger partial charge in [-0.2, -0.15) is 13.2 Å². The lowest BCUT2D eigenvalue weighted by Crippen LogP contribution is -2.56. The molecule has 1 aliphatic rings. The molecule has 0 unspecified atom stereocenters. The van der Waals surface area contributed by atoms with Crippen molar-refractivity contribution in [1.82, 2.24) is 19.8 Å². The Morgan fingerprint density at radius 2 is 1.89 bits per heavy atom. The van der Waals surface area contributed by atoms with Crippen molar-refractivity contribution in [3.63, 3.8) is 0 Å². The molecule has 2 heterocycles. The van der Waals surface area contributed by atoms with Crippen LogP contribution >= 0.6 is 0 Å². The van der Waals surface area contributed by atoms with Crippen LogP contribution in [-0.2, 0) is 16.8 Å². The number of carbonyl (C=O) groups excluding carboxylic acids is 1. The lowest BCUT2D eigenvalue weighted by Gasteiger charge is -2.41. The van der Waals surface area contributed by atoms with Gasteiger partial charge >= 0.3 is 6.18 Å². The van der Waals surface area contributed by atoms with E-state index in [0.29, 0.717) is 25.9 Å². The van der Waals surface area contributed by atoms with Gasteiger partial charge in [0.25, 0.3) is 0 Å². The lowest BCUT2D eigenvalue weighted by atomic mass is 9.86. The molecule has 1 aromatic carbocycles. The summed E-state index contributed by atoms with van der Waals surface area (Å²) >= 11 is 0. The molecule has 1 amide bonds. The quantitative estimate of drug-likeness (QED) is 0.838. The molecular weight excluding hydrogens is 357 g/mol. The minimum Gasteiger partial charge on any atom is -0.345 e. The molecule has 0 atom stereocenters. The van der Waals surface area contributed by atoms with E-state index in [0.717, 1.165) is 13.0 Å². The number of halogens is 3. The van der Waals surface area contributed by atoms with E-state index < -0.39 is 24.2 Å². The van der Waals surface area contributed by atoms with Gasteiger partial charge in [-0.1, -0.05) is 30.3 Å². The molecule has 2 aromatic rings. The first-order valence-electron chi connectivity index (χ1n) is 8.99. The summed E-state index contributed by atoms with van der Waals surface area (Å²) in [5.41, 5.74) is 0.220. The highest BCUT2D eigenvalue weighted by Crippen LogP contribution is 2.31. The van der Waals surface area contributed by atoms with E-state index in [9.17, 15) is 18.0 Å². The maximum absolute atomic E-state index is 12.7. The smallest absolute Gasteiger partial charge is 0.345 e. The molecule has 1 aliphatic heterocycles. The molecule has 0 bridgehead atoms. The Hall–Kier alpha value is -2.35. The van der Waals surface area contributed by atoms with E-state index in [1.807, 2.05) is 18.2 Å². The van der Waals surface area contributed by atoms with Crippen LogP contribution in [-0.4, -0.2) is 52.7 Å². The minimum atomic E-state index is -4.43. The molecule has 0 aliphatic carbocycles. The summed E-state index contributed by atoms with van der Waals surface area (Å²) in [7, 11) is 0. The molecule has 1 fully saturated rings. The van der Waals surface area contributed by atoms with Gasteiger partial charge in [0, 0.05) is 32.0 Å². The van der Waals surface area contributed by atoms with Gasteiger partial charge < -0.3 is 14.8 Å². The zero-order valence-corrected chi connectivity index (χ0v) is 15.0. The fraction of sp³-hybridized carbons (Fsp3) is 0.474. The van der Waals surface area contributed by atoms with E-state index in [4.69, 9.17) is 0 Å². The third kappa shape index (κ3) is 4.88. The van der Waals surface area contributed by atoms with Crippen LogP contribution in [0.25, 0.3) is 0 Å². The number of rotatable bonds is 6. The summed E-state index contributed by atoms with van der Waals surface area (Å²) in [6.07, 6.45) is 2.06. The summed E-state index contributed by atoms with van der Waals surface area (Å²) in [6.45, 7) is 0.823. The van der Waals surface area contributed by atoms with Gasteiger partial charge in [-0.3, -0.25) is 4.79 Å². The van der Waals surface area contributed by atoms with Crippen LogP contribution in [0.2, 0.25) is 0 Å². The number of piperidine rings is 1. The first-order chi connectivity index (χ1) is 12.9. The Morgan fingerprint density at radius 1 is 1.19 bits per heavy atom. The fourth-order valence-electron chi connectivity index (χ4n) is 3.54. The highest BCUT2D eigenvalue weighted by molar-refractivity contribution is 5.84. The molecule has 0 spiro atoms. The third-order valence-corrected chi connectivity index (χ3v) is 5.11. The predicted molar refractivity (Wildman–Crippen MR) is 95.1 cm³/mol. The zero-order chi connectivity index (χ0) is 19.3. The number of nitrogens with one attached hydrogen (secondary N) is 1. The lowest BCUT2D eigenvalue weighted by molar-refractivity contribution is -0.145.